The number of ether oxygens (including phenoxy) is 1. The first-order valence-electron chi connectivity index (χ1n) is 11.4. The molecule has 0 amide bonds. The van der Waals surface area contributed by atoms with Crippen LogP contribution in [0, 0.1) is 5.82 Å². The fourth-order valence-corrected chi connectivity index (χ4v) is 4.07. The van der Waals surface area contributed by atoms with E-state index in [2.05, 4.69) is 37.0 Å². The van der Waals surface area contributed by atoms with Crippen LogP contribution in [-0.2, 0) is 17.7 Å². The number of thiol groups is 1. The van der Waals surface area contributed by atoms with Crippen molar-refractivity contribution in [2.24, 2.45) is 0 Å². The first-order valence-corrected chi connectivity index (χ1v) is 12.2. The minimum Gasteiger partial charge on any atom is -0.462 e. The van der Waals surface area contributed by atoms with Crippen LogP contribution in [0.2, 0.25) is 5.02 Å². The van der Waals surface area contributed by atoms with Gasteiger partial charge in [-0.25, -0.2) is 9.18 Å². The molecule has 3 aromatic carbocycles. The van der Waals surface area contributed by atoms with Crippen molar-refractivity contribution >= 4 is 41.5 Å². The van der Waals surface area contributed by atoms with Gasteiger partial charge in [0.05, 0.1) is 12.2 Å². The molecule has 0 saturated carbocycles. The predicted octanol–water partition coefficient (Wildman–Crippen LogP) is 8.15. The van der Waals surface area contributed by atoms with Crippen LogP contribution >= 0.6 is 24.2 Å². The van der Waals surface area contributed by atoms with Crippen LogP contribution in [0.1, 0.15) is 47.8 Å². The van der Waals surface area contributed by atoms with E-state index < -0.39 is 0 Å². The monoisotopic (exact) mass is 509 g/mol. The van der Waals surface area contributed by atoms with Crippen LogP contribution in [0.5, 0.6) is 0 Å². The first-order chi connectivity index (χ1) is 16.8. The fourth-order valence-electron chi connectivity index (χ4n) is 3.63. The Bertz CT molecular complexity index is 1270. The van der Waals surface area contributed by atoms with Gasteiger partial charge in [0.2, 0.25) is 0 Å². The molecular formula is C29H29ClFNO2S. The lowest BCUT2D eigenvalue weighted by Crippen LogP contribution is -2.05. The van der Waals surface area contributed by atoms with E-state index in [0.717, 1.165) is 44.8 Å². The fraction of sp³-hybridized carbons (Fsp3) is 0.207. The molecule has 1 N–H and O–H groups in total. The van der Waals surface area contributed by atoms with E-state index in [4.69, 9.17) is 16.3 Å². The van der Waals surface area contributed by atoms with Crippen LogP contribution in [0.3, 0.4) is 0 Å². The Kier molecular flexibility index (Phi) is 9.58. The summed E-state index contributed by atoms with van der Waals surface area (Å²) in [6.07, 6.45) is 4.87. The Labute approximate surface area is 217 Å². The first kappa shape index (κ1) is 26.6. The van der Waals surface area contributed by atoms with Crippen molar-refractivity contribution < 1.29 is 13.9 Å². The summed E-state index contributed by atoms with van der Waals surface area (Å²) in [5.74, 6) is -0.660. The molecule has 0 aliphatic rings. The third kappa shape index (κ3) is 7.74. The number of allylic oxidation sites excluding steroid dienone is 4. The van der Waals surface area contributed by atoms with E-state index in [1.165, 1.54) is 12.1 Å². The molecule has 0 saturated heterocycles. The van der Waals surface area contributed by atoms with Crippen molar-refractivity contribution in [3.8, 4) is 0 Å². The van der Waals surface area contributed by atoms with Gasteiger partial charge in [-0.15, -0.1) is 12.6 Å². The molecular weight excluding hydrogens is 481 g/mol. The zero-order valence-corrected chi connectivity index (χ0v) is 21.7. The minimum absolute atomic E-state index is 0.305. The number of nitrogens with one attached hydrogen (secondary N) is 1. The molecule has 0 aliphatic heterocycles. The predicted molar refractivity (Wildman–Crippen MR) is 146 cm³/mol. The summed E-state index contributed by atoms with van der Waals surface area (Å²) >= 11 is 10.7. The Balaban J connectivity index is 1.75. The Hall–Kier alpha value is -3.02. The number of carbonyl (C=O) groups excluding carboxylic acids is 1. The van der Waals surface area contributed by atoms with Gasteiger partial charge in [-0.05, 0) is 86.4 Å². The maximum Gasteiger partial charge on any atom is 0.338 e. The van der Waals surface area contributed by atoms with E-state index in [0.29, 0.717) is 23.7 Å². The Morgan fingerprint density at radius 3 is 2.63 bits per heavy atom. The topological polar surface area (TPSA) is 38.3 Å². The summed E-state index contributed by atoms with van der Waals surface area (Å²) < 4.78 is 18.4. The third-order valence-corrected chi connectivity index (χ3v) is 6.08. The SMILES string of the molecule is CCOC(=O)c1cccc(C/C(C)=C\C=C(/C)c2cc(S)ccc2NCc2ccc(F)cc2Cl)c1. The molecule has 0 bridgehead atoms. The smallest absolute Gasteiger partial charge is 0.338 e. The second-order valence-corrected chi connectivity index (χ2v) is 9.20. The maximum absolute atomic E-state index is 13.4. The summed E-state index contributed by atoms with van der Waals surface area (Å²) in [6, 6.07) is 17.8. The zero-order chi connectivity index (χ0) is 25.4. The largest absolute Gasteiger partial charge is 0.462 e. The van der Waals surface area contributed by atoms with Crippen molar-refractivity contribution in [2.45, 2.75) is 38.6 Å². The van der Waals surface area contributed by atoms with Crippen LogP contribution < -0.4 is 5.32 Å². The van der Waals surface area contributed by atoms with Crippen molar-refractivity contribution in [1.29, 1.82) is 0 Å². The van der Waals surface area contributed by atoms with Crippen LogP contribution in [0.25, 0.3) is 5.57 Å². The van der Waals surface area contributed by atoms with Gasteiger partial charge in [-0.2, -0.15) is 0 Å². The molecule has 3 aromatic rings. The quantitative estimate of drug-likeness (QED) is 0.174. The molecule has 0 atom stereocenters. The summed E-state index contributed by atoms with van der Waals surface area (Å²) in [5, 5.41) is 3.80. The standard InChI is InChI=1S/C29H29ClFNO2S/c1-4-34-29(33)22-7-5-6-21(15-22)14-19(2)8-9-20(3)26-17-25(35)12-13-28(26)32-18-23-10-11-24(31)16-27(23)30/h5-13,15-17,32,35H,4,14,18H2,1-3H3/b19-8-,20-9+. The molecule has 182 valence electrons. The van der Waals surface area contributed by atoms with E-state index >= 15 is 0 Å². The van der Waals surface area contributed by atoms with Gasteiger partial charge >= 0.3 is 5.97 Å². The number of hydrogen-bond donors (Lipinski definition) is 2. The number of esters is 1. The van der Waals surface area contributed by atoms with E-state index in [1.54, 1.807) is 19.1 Å². The Morgan fingerprint density at radius 2 is 1.89 bits per heavy atom. The Morgan fingerprint density at radius 1 is 1.09 bits per heavy atom. The summed E-state index contributed by atoms with van der Waals surface area (Å²) in [5.41, 5.74) is 6.59. The molecule has 0 radical (unpaired) electrons. The average Bonchev–Trinajstić information content (AvgIpc) is 2.83. The van der Waals surface area contributed by atoms with Gasteiger partial charge in [-0.1, -0.05) is 47.5 Å². The minimum atomic E-state index is -0.354. The number of hydrogen-bond acceptors (Lipinski definition) is 4. The van der Waals surface area contributed by atoms with Gasteiger partial charge in [0.15, 0.2) is 0 Å². The van der Waals surface area contributed by atoms with Crippen molar-refractivity contribution in [2.75, 3.05) is 11.9 Å². The van der Waals surface area contributed by atoms with E-state index in [9.17, 15) is 9.18 Å². The van der Waals surface area contributed by atoms with Gasteiger partial charge in [0.25, 0.3) is 0 Å². The highest BCUT2D eigenvalue weighted by Gasteiger charge is 2.09. The number of halogens is 2. The lowest BCUT2D eigenvalue weighted by Gasteiger charge is -2.14. The zero-order valence-electron chi connectivity index (χ0n) is 20.1. The third-order valence-electron chi connectivity index (χ3n) is 5.45. The van der Waals surface area contributed by atoms with Crippen molar-refractivity contribution in [3.63, 3.8) is 0 Å². The highest BCUT2D eigenvalue weighted by molar-refractivity contribution is 7.80. The molecule has 35 heavy (non-hydrogen) atoms. The van der Waals surface area contributed by atoms with Gasteiger partial charge in [0, 0.05) is 27.7 Å². The number of benzene rings is 3. The molecule has 0 heterocycles. The molecule has 0 spiro atoms. The number of anilines is 1. The van der Waals surface area contributed by atoms with Gasteiger partial charge in [0.1, 0.15) is 5.82 Å². The second kappa shape index (κ2) is 12.6. The summed E-state index contributed by atoms with van der Waals surface area (Å²) in [4.78, 5) is 12.9. The van der Waals surface area contributed by atoms with Gasteiger partial charge in [-0.3, -0.25) is 0 Å². The van der Waals surface area contributed by atoms with Crippen LogP contribution in [-0.4, -0.2) is 12.6 Å². The average molecular weight is 510 g/mol. The van der Waals surface area contributed by atoms with Gasteiger partial charge < -0.3 is 10.1 Å². The molecule has 3 rings (SSSR count). The summed E-state index contributed by atoms with van der Waals surface area (Å²) in [7, 11) is 0. The molecule has 0 aromatic heterocycles. The molecule has 3 nitrogen and oxygen atoms in total. The molecule has 0 fully saturated rings. The second-order valence-electron chi connectivity index (χ2n) is 8.28. The summed E-state index contributed by atoms with van der Waals surface area (Å²) in [6.45, 7) is 6.73. The van der Waals surface area contributed by atoms with E-state index in [-0.39, 0.29) is 11.8 Å². The maximum atomic E-state index is 13.4. The molecule has 0 unspecified atom stereocenters. The highest BCUT2D eigenvalue weighted by atomic mass is 35.5. The number of carbonyl (C=O) groups is 1. The van der Waals surface area contributed by atoms with Crippen LogP contribution in [0.4, 0.5) is 10.1 Å². The lowest BCUT2D eigenvalue weighted by atomic mass is 10.0. The lowest BCUT2D eigenvalue weighted by molar-refractivity contribution is 0.0526. The normalized spacial score (nSPS) is 11.9. The highest BCUT2D eigenvalue weighted by Crippen LogP contribution is 2.28. The molecule has 6 heteroatoms. The van der Waals surface area contributed by atoms with Crippen molar-refractivity contribution in [1.82, 2.24) is 0 Å². The number of rotatable bonds is 9. The van der Waals surface area contributed by atoms with Crippen LogP contribution in [0.15, 0.2) is 83.3 Å². The molecule has 0 aliphatic carbocycles. The van der Waals surface area contributed by atoms with Crippen molar-refractivity contribution in [3.05, 3.63) is 111 Å². The van der Waals surface area contributed by atoms with E-state index in [1.807, 2.05) is 43.3 Å².